The number of hydrogen-bond donors (Lipinski definition) is 2. The number of nitrogens with one attached hydrogen (secondary N) is 1. The lowest BCUT2D eigenvalue weighted by atomic mass is 9.87. The maximum absolute atomic E-state index is 11.7. The first-order chi connectivity index (χ1) is 7.32. The number of halogens is 2. The summed E-state index contributed by atoms with van der Waals surface area (Å²) < 4.78 is 1.86. The van der Waals surface area contributed by atoms with E-state index in [1.165, 1.54) is 0 Å². The molecule has 1 aromatic rings. The van der Waals surface area contributed by atoms with E-state index in [1.54, 1.807) is 6.20 Å². The zero-order valence-electron chi connectivity index (χ0n) is 11.1. The molecule has 1 rings (SSSR count). The van der Waals surface area contributed by atoms with Crippen LogP contribution in [-0.2, 0) is 18.4 Å². The zero-order chi connectivity index (χ0) is 12.3. The van der Waals surface area contributed by atoms with E-state index in [4.69, 9.17) is 5.73 Å². The van der Waals surface area contributed by atoms with Gasteiger partial charge in [0.25, 0.3) is 0 Å². The van der Waals surface area contributed by atoms with Crippen LogP contribution in [0.1, 0.15) is 26.6 Å². The molecule has 3 N–H and O–H groups in total. The van der Waals surface area contributed by atoms with Crippen molar-refractivity contribution in [1.29, 1.82) is 0 Å². The Hall–Kier alpha value is -0.780. The summed E-state index contributed by atoms with van der Waals surface area (Å²) in [6.45, 7) is 6.24. The maximum Gasteiger partial charge on any atom is 0.237 e. The minimum Gasteiger partial charge on any atom is -0.348 e. The van der Waals surface area contributed by atoms with Gasteiger partial charge in [-0.1, -0.05) is 20.8 Å². The van der Waals surface area contributed by atoms with Crippen molar-refractivity contribution in [3.63, 3.8) is 0 Å². The molecule has 0 aliphatic heterocycles. The van der Waals surface area contributed by atoms with Crippen molar-refractivity contribution in [2.45, 2.75) is 33.4 Å². The lowest BCUT2D eigenvalue weighted by Crippen LogP contribution is -2.48. The first-order valence-electron chi connectivity index (χ1n) is 5.32. The Balaban J connectivity index is 0. The van der Waals surface area contributed by atoms with E-state index in [9.17, 15) is 4.79 Å². The van der Waals surface area contributed by atoms with Crippen molar-refractivity contribution in [1.82, 2.24) is 14.9 Å². The van der Waals surface area contributed by atoms with Crippen LogP contribution in [0.4, 0.5) is 0 Å². The van der Waals surface area contributed by atoms with Crippen molar-refractivity contribution in [3.05, 3.63) is 18.2 Å². The lowest BCUT2D eigenvalue weighted by molar-refractivity contribution is -0.124. The summed E-state index contributed by atoms with van der Waals surface area (Å²) >= 11 is 0. The highest BCUT2D eigenvalue weighted by Gasteiger charge is 2.27. The van der Waals surface area contributed by atoms with Crippen molar-refractivity contribution < 1.29 is 4.79 Å². The highest BCUT2D eigenvalue weighted by atomic mass is 35.5. The second kappa shape index (κ2) is 7.61. The van der Waals surface area contributed by atoms with Crippen molar-refractivity contribution in [3.8, 4) is 0 Å². The van der Waals surface area contributed by atoms with Gasteiger partial charge in [-0.3, -0.25) is 4.79 Å². The minimum absolute atomic E-state index is 0. The van der Waals surface area contributed by atoms with Crippen LogP contribution in [0.2, 0.25) is 0 Å². The van der Waals surface area contributed by atoms with Gasteiger partial charge in [0.05, 0.1) is 12.6 Å². The Kier molecular flexibility index (Phi) is 8.27. The van der Waals surface area contributed by atoms with E-state index in [2.05, 4.69) is 10.3 Å². The molecule has 0 aliphatic rings. The molecule has 0 saturated heterocycles. The van der Waals surface area contributed by atoms with Gasteiger partial charge in [0.2, 0.25) is 5.91 Å². The molecule has 0 unspecified atom stereocenters. The van der Waals surface area contributed by atoms with Gasteiger partial charge in [-0.15, -0.1) is 24.8 Å². The molecular weight excluding hydrogens is 275 g/mol. The summed E-state index contributed by atoms with van der Waals surface area (Å²) in [7, 11) is 1.89. The molecule has 0 fully saturated rings. The third-order valence-electron chi connectivity index (χ3n) is 2.56. The summed E-state index contributed by atoms with van der Waals surface area (Å²) in [4.78, 5) is 15.8. The number of aromatic nitrogens is 2. The van der Waals surface area contributed by atoms with Gasteiger partial charge < -0.3 is 15.6 Å². The molecule has 0 aliphatic carbocycles. The van der Waals surface area contributed by atoms with E-state index in [1.807, 2.05) is 38.6 Å². The monoisotopic (exact) mass is 296 g/mol. The van der Waals surface area contributed by atoms with Crippen LogP contribution in [0, 0.1) is 5.41 Å². The van der Waals surface area contributed by atoms with E-state index in [0.717, 1.165) is 5.82 Å². The summed E-state index contributed by atoms with van der Waals surface area (Å²) in [5.41, 5.74) is 5.60. The third-order valence-corrected chi connectivity index (χ3v) is 2.56. The summed E-state index contributed by atoms with van der Waals surface area (Å²) in [6, 6.07) is -0.507. The maximum atomic E-state index is 11.7. The number of hydrogen-bond acceptors (Lipinski definition) is 3. The number of aryl methyl sites for hydroxylation is 1. The van der Waals surface area contributed by atoms with Crippen molar-refractivity contribution in [2.24, 2.45) is 18.2 Å². The molecule has 0 bridgehead atoms. The molecule has 1 heterocycles. The van der Waals surface area contributed by atoms with Crippen LogP contribution in [-0.4, -0.2) is 21.5 Å². The van der Waals surface area contributed by atoms with Crippen LogP contribution < -0.4 is 11.1 Å². The number of rotatable bonds is 3. The molecule has 7 heteroatoms. The molecule has 0 spiro atoms. The molecule has 0 radical (unpaired) electrons. The van der Waals surface area contributed by atoms with Crippen LogP contribution >= 0.6 is 24.8 Å². The Morgan fingerprint density at radius 3 is 2.44 bits per heavy atom. The fraction of sp³-hybridized carbons (Fsp3) is 0.636. The topological polar surface area (TPSA) is 72.9 Å². The smallest absolute Gasteiger partial charge is 0.237 e. The highest BCUT2D eigenvalue weighted by molar-refractivity contribution is 5.85. The molecule has 1 aromatic heterocycles. The largest absolute Gasteiger partial charge is 0.348 e. The molecule has 5 nitrogen and oxygen atoms in total. The van der Waals surface area contributed by atoms with Gasteiger partial charge in [0, 0.05) is 19.4 Å². The average molecular weight is 297 g/mol. The summed E-state index contributed by atoms with van der Waals surface area (Å²) in [5.74, 6) is 0.671. The predicted molar refractivity (Wildman–Crippen MR) is 77.0 cm³/mol. The van der Waals surface area contributed by atoms with E-state index < -0.39 is 6.04 Å². The van der Waals surface area contributed by atoms with Gasteiger partial charge in [-0.25, -0.2) is 4.98 Å². The number of imidazole rings is 1. The van der Waals surface area contributed by atoms with Crippen LogP contribution in [0.15, 0.2) is 12.4 Å². The number of nitrogens with zero attached hydrogens (tertiary/aromatic N) is 2. The predicted octanol–water partition coefficient (Wildman–Crippen LogP) is 1.25. The average Bonchev–Trinajstić information content (AvgIpc) is 2.58. The Morgan fingerprint density at radius 1 is 1.50 bits per heavy atom. The SMILES string of the molecule is Cl.Cl.Cn1ccnc1CNC(=O)[C@@H](N)C(C)(C)C. The van der Waals surface area contributed by atoms with E-state index >= 15 is 0 Å². The normalized spacial score (nSPS) is 12.1. The second-order valence-electron chi connectivity index (χ2n) is 5.02. The quantitative estimate of drug-likeness (QED) is 0.882. The van der Waals surface area contributed by atoms with Crippen LogP contribution in [0.25, 0.3) is 0 Å². The highest BCUT2D eigenvalue weighted by Crippen LogP contribution is 2.17. The number of amides is 1. The standard InChI is InChI=1S/C11H20N4O.2ClH/c1-11(2,3)9(12)10(16)14-7-8-13-5-6-15(8)4;;/h5-6,9H,7,12H2,1-4H3,(H,14,16);2*1H/t9-;;/m1../s1. The number of carbonyl (C=O) groups excluding carboxylic acids is 1. The molecule has 106 valence electrons. The molecule has 1 amide bonds. The Labute approximate surface area is 120 Å². The summed E-state index contributed by atoms with van der Waals surface area (Å²) in [5, 5.41) is 2.78. The van der Waals surface area contributed by atoms with Gasteiger partial charge in [-0.05, 0) is 5.41 Å². The Morgan fingerprint density at radius 2 is 2.06 bits per heavy atom. The Bertz CT molecular complexity index is 373. The van der Waals surface area contributed by atoms with E-state index in [0.29, 0.717) is 6.54 Å². The second-order valence-corrected chi connectivity index (χ2v) is 5.02. The fourth-order valence-corrected chi connectivity index (χ4v) is 1.24. The minimum atomic E-state index is -0.507. The number of nitrogens with two attached hydrogens (primary N) is 1. The van der Waals surface area contributed by atoms with Gasteiger partial charge >= 0.3 is 0 Å². The summed E-state index contributed by atoms with van der Waals surface area (Å²) in [6.07, 6.45) is 3.54. The van der Waals surface area contributed by atoms with Crippen LogP contribution in [0.3, 0.4) is 0 Å². The third kappa shape index (κ3) is 5.25. The molecular formula is C11H22Cl2N4O. The number of carbonyl (C=O) groups is 1. The zero-order valence-corrected chi connectivity index (χ0v) is 12.8. The van der Waals surface area contributed by atoms with Crippen molar-refractivity contribution in [2.75, 3.05) is 0 Å². The van der Waals surface area contributed by atoms with Gasteiger partial charge in [0.15, 0.2) is 0 Å². The molecule has 0 aromatic carbocycles. The van der Waals surface area contributed by atoms with Crippen molar-refractivity contribution >= 4 is 30.7 Å². The first kappa shape index (κ1) is 19.6. The first-order valence-corrected chi connectivity index (χ1v) is 5.32. The fourth-order valence-electron chi connectivity index (χ4n) is 1.24. The van der Waals surface area contributed by atoms with Gasteiger partial charge in [-0.2, -0.15) is 0 Å². The van der Waals surface area contributed by atoms with Crippen LogP contribution in [0.5, 0.6) is 0 Å². The molecule has 18 heavy (non-hydrogen) atoms. The van der Waals surface area contributed by atoms with Gasteiger partial charge in [0.1, 0.15) is 5.82 Å². The molecule has 1 atom stereocenters. The van der Waals surface area contributed by atoms with E-state index in [-0.39, 0.29) is 36.1 Å². The molecule has 0 saturated carbocycles. The lowest BCUT2D eigenvalue weighted by Gasteiger charge is -2.25.